The number of likely N-dealkylation sites (tertiary alicyclic amines) is 1. The highest BCUT2D eigenvalue weighted by Crippen LogP contribution is 2.35. The molecule has 0 spiro atoms. The third kappa shape index (κ3) is 1.74. The Morgan fingerprint density at radius 2 is 2.20 bits per heavy atom. The highest BCUT2D eigenvalue weighted by atomic mass is 16.5. The molecule has 4 nitrogen and oxygen atoms in total. The second kappa shape index (κ2) is 4.48. The molecule has 20 heavy (non-hydrogen) atoms. The summed E-state index contributed by atoms with van der Waals surface area (Å²) >= 11 is 0. The Morgan fingerprint density at radius 3 is 3.00 bits per heavy atom. The molecule has 0 radical (unpaired) electrons. The summed E-state index contributed by atoms with van der Waals surface area (Å²) in [6, 6.07) is 8.29. The van der Waals surface area contributed by atoms with Crippen LogP contribution in [0.15, 0.2) is 24.3 Å². The van der Waals surface area contributed by atoms with Crippen molar-refractivity contribution in [3.8, 4) is 5.75 Å². The second-order valence-electron chi connectivity index (χ2n) is 6.23. The number of hydrogen-bond acceptors (Lipinski definition) is 3. The Kier molecular flexibility index (Phi) is 2.74. The van der Waals surface area contributed by atoms with E-state index in [1.54, 1.807) is 0 Å². The molecule has 3 heterocycles. The SMILES string of the molecule is CC1C2CNCC2CN1C(=O)C1Cc2ccccc2O1. The Bertz CT molecular complexity index is 520. The largest absolute Gasteiger partial charge is 0.480 e. The van der Waals surface area contributed by atoms with Crippen LogP contribution >= 0.6 is 0 Å². The zero-order chi connectivity index (χ0) is 13.7. The topological polar surface area (TPSA) is 41.6 Å². The molecule has 0 saturated carbocycles. The van der Waals surface area contributed by atoms with Crippen molar-refractivity contribution >= 4 is 5.91 Å². The number of ether oxygens (including phenoxy) is 1. The van der Waals surface area contributed by atoms with Gasteiger partial charge in [0, 0.05) is 32.1 Å². The lowest BCUT2D eigenvalue weighted by Gasteiger charge is -2.26. The summed E-state index contributed by atoms with van der Waals surface area (Å²) in [6.45, 7) is 5.15. The fraction of sp³-hybridized carbons (Fsp3) is 0.562. The molecule has 1 aromatic rings. The lowest BCUT2D eigenvalue weighted by molar-refractivity contribution is -0.138. The van der Waals surface area contributed by atoms with E-state index >= 15 is 0 Å². The zero-order valence-corrected chi connectivity index (χ0v) is 11.7. The van der Waals surface area contributed by atoms with E-state index in [4.69, 9.17) is 4.74 Å². The predicted molar refractivity (Wildman–Crippen MR) is 75.6 cm³/mol. The van der Waals surface area contributed by atoms with E-state index in [2.05, 4.69) is 18.3 Å². The molecule has 2 saturated heterocycles. The van der Waals surface area contributed by atoms with Gasteiger partial charge < -0.3 is 15.0 Å². The van der Waals surface area contributed by atoms with Gasteiger partial charge in [0.25, 0.3) is 5.91 Å². The molecule has 2 fully saturated rings. The molecule has 3 aliphatic heterocycles. The van der Waals surface area contributed by atoms with Crippen molar-refractivity contribution in [3.05, 3.63) is 29.8 Å². The lowest BCUT2D eigenvalue weighted by atomic mass is 9.95. The van der Waals surface area contributed by atoms with E-state index in [0.29, 0.717) is 24.3 Å². The van der Waals surface area contributed by atoms with Crippen LogP contribution in [0.4, 0.5) is 0 Å². The lowest BCUT2D eigenvalue weighted by Crippen LogP contribution is -2.45. The van der Waals surface area contributed by atoms with Crippen molar-refractivity contribution in [1.82, 2.24) is 10.2 Å². The Hall–Kier alpha value is -1.55. The average molecular weight is 272 g/mol. The van der Waals surface area contributed by atoms with Crippen molar-refractivity contribution < 1.29 is 9.53 Å². The number of nitrogens with one attached hydrogen (secondary N) is 1. The minimum atomic E-state index is -0.318. The number of para-hydroxylation sites is 1. The molecule has 4 rings (SSSR count). The van der Waals surface area contributed by atoms with Gasteiger partial charge in [0.05, 0.1) is 0 Å². The Labute approximate surface area is 119 Å². The maximum atomic E-state index is 12.7. The smallest absolute Gasteiger partial charge is 0.264 e. The molecule has 0 bridgehead atoms. The Morgan fingerprint density at radius 1 is 1.35 bits per heavy atom. The van der Waals surface area contributed by atoms with Crippen molar-refractivity contribution in [2.75, 3.05) is 19.6 Å². The summed E-state index contributed by atoms with van der Waals surface area (Å²) in [5.41, 5.74) is 1.15. The van der Waals surface area contributed by atoms with E-state index in [1.165, 1.54) is 0 Å². The quantitative estimate of drug-likeness (QED) is 0.831. The minimum absolute atomic E-state index is 0.170. The van der Waals surface area contributed by atoms with Crippen LogP contribution in [0.1, 0.15) is 12.5 Å². The van der Waals surface area contributed by atoms with Gasteiger partial charge in [-0.15, -0.1) is 0 Å². The monoisotopic (exact) mass is 272 g/mol. The third-order valence-electron chi connectivity index (χ3n) is 5.14. The summed E-state index contributed by atoms with van der Waals surface area (Å²) in [6.07, 6.45) is 0.396. The molecule has 1 amide bonds. The first kappa shape index (κ1) is 12.2. The zero-order valence-electron chi connectivity index (χ0n) is 11.7. The van der Waals surface area contributed by atoms with Gasteiger partial charge in [-0.05, 0) is 30.4 Å². The molecule has 1 N–H and O–H groups in total. The maximum Gasteiger partial charge on any atom is 0.264 e. The van der Waals surface area contributed by atoms with E-state index in [1.807, 2.05) is 23.1 Å². The van der Waals surface area contributed by atoms with Crippen LogP contribution < -0.4 is 10.1 Å². The van der Waals surface area contributed by atoms with Crippen molar-refractivity contribution in [2.45, 2.75) is 25.5 Å². The summed E-state index contributed by atoms with van der Waals surface area (Å²) in [5.74, 6) is 2.28. The van der Waals surface area contributed by atoms with Gasteiger partial charge in [0.1, 0.15) is 5.75 Å². The first-order valence-electron chi connectivity index (χ1n) is 7.50. The first-order chi connectivity index (χ1) is 9.74. The molecule has 0 aromatic heterocycles. The van der Waals surface area contributed by atoms with Crippen LogP contribution in [0.2, 0.25) is 0 Å². The number of amides is 1. The second-order valence-corrected chi connectivity index (χ2v) is 6.23. The van der Waals surface area contributed by atoms with E-state index in [-0.39, 0.29) is 12.0 Å². The molecular formula is C16H20N2O2. The van der Waals surface area contributed by atoms with Gasteiger partial charge in [0.2, 0.25) is 0 Å². The molecule has 1 aromatic carbocycles. The summed E-state index contributed by atoms with van der Waals surface area (Å²) in [5, 5.41) is 3.43. The van der Waals surface area contributed by atoms with Gasteiger partial charge in [-0.25, -0.2) is 0 Å². The summed E-state index contributed by atoms with van der Waals surface area (Å²) < 4.78 is 5.84. The van der Waals surface area contributed by atoms with Crippen LogP contribution in [-0.4, -0.2) is 42.6 Å². The summed E-state index contributed by atoms with van der Waals surface area (Å²) in [4.78, 5) is 14.8. The molecule has 3 aliphatic rings. The first-order valence-corrected chi connectivity index (χ1v) is 7.50. The van der Waals surface area contributed by atoms with Gasteiger partial charge in [-0.3, -0.25) is 4.79 Å². The van der Waals surface area contributed by atoms with Gasteiger partial charge in [-0.1, -0.05) is 18.2 Å². The minimum Gasteiger partial charge on any atom is -0.480 e. The highest BCUT2D eigenvalue weighted by molar-refractivity contribution is 5.83. The van der Waals surface area contributed by atoms with E-state index < -0.39 is 0 Å². The number of carbonyl (C=O) groups excluding carboxylic acids is 1. The van der Waals surface area contributed by atoms with Crippen molar-refractivity contribution in [3.63, 3.8) is 0 Å². The standard InChI is InChI=1S/C16H20N2O2/c1-10-13-8-17-7-12(13)9-18(10)16(19)15-6-11-4-2-3-5-14(11)20-15/h2-5,10,12-13,15,17H,6-9H2,1H3. The predicted octanol–water partition coefficient (Wildman–Crippen LogP) is 1.06. The molecule has 4 heteroatoms. The maximum absolute atomic E-state index is 12.7. The van der Waals surface area contributed by atoms with Crippen LogP contribution in [-0.2, 0) is 11.2 Å². The van der Waals surface area contributed by atoms with Crippen LogP contribution in [0, 0.1) is 11.8 Å². The molecular weight excluding hydrogens is 252 g/mol. The normalized spacial score (nSPS) is 34.8. The number of fused-ring (bicyclic) bond motifs is 2. The van der Waals surface area contributed by atoms with Crippen molar-refractivity contribution in [1.29, 1.82) is 0 Å². The van der Waals surface area contributed by atoms with Crippen LogP contribution in [0.25, 0.3) is 0 Å². The van der Waals surface area contributed by atoms with Crippen LogP contribution in [0.3, 0.4) is 0 Å². The van der Waals surface area contributed by atoms with Crippen molar-refractivity contribution in [2.24, 2.45) is 11.8 Å². The number of rotatable bonds is 1. The number of hydrogen-bond donors (Lipinski definition) is 1. The highest BCUT2D eigenvalue weighted by Gasteiger charge is 2.46. The fourth-order valence-corrected chi connectivity index (χ4v) is 3.96. The van der Waals surface area contributed by atoms with Gasteiger partial charge >= 0.3 is 0 Å². The molecule has 4 unspecified atom stereocenters. The fourth-order valence-electron chi connectivity index (χ4n) is 3.96. The summed E-state index contributed by atoms with van der Waals surface area (Å²) in [7, 11) is 0. The average Bonchev–Trinajstić information content (AvgIpc) is 3.13. The molecule has 106 valence electrons. The number of nitrogens with zero attached hydrogens (tertiary/aromatic N) is 1. The van der Waals surface area contributed by atoms with E-state index in [9.17, 15) is 4.79 Å². The van der Waals surface area contributed by atoms with Gasteiger partial charge in [-0.2, -0.15) is 0 Å². The molecule has 4 atom stereocenters. The Balaban J connectivity index is 1.50. The number of carbonyl (C=O) groups is 1. The van der Waals surface area contributed by atoms with Crippen LogP contribution in [0.5, 0.6) is 5.75 Å². The van der Waals surface area contributed by atoms with E-state index in [0.717, 1.165) is 30.9 Å². The third-order valence-corrected chi connectivity index (χ3v) is 5.14. The van der Waals surface area contributed by atoms with Gasteiger partial charge in [0.15, 0.2) is 6.10 Å². The molecule has 0 aliphatic carbocycles. The number of benzene rings is 1.